The van der Waals surface area contributed by atoms with Gasteiger partial charge in [-0.1, -0.05) is 11.6 Å². The minimum Gasteiger partial charge on any atom is -0.462 e. The predicted octanol–water partition coefficient (Wildman–Crippen LogP) is 2.54. The van der Waals surface area contributed by atoms with Crippen LogP contribution < -0.4 is 9.47 Å². The highest BCUT2D eigenvalue weighted by atomic mass is 35.5. The molecular formula is C13H10ClNO4. The molecule has 0 saturated carbocycles. The number of fused-ring (bicyclic) bond motifs is 1. The minimum absolute atomic E-state index is 0.100. The summed E-state index contributed by atoms with van der Waals surface area (Å²) in [6, 6.07) is 5.03. The summed E-state index contributed by atoms with van der Waals surface area (Å²) in [6.45, 7) is 1.98. The first-order valence-electron chi connectivity index (χ1n) is 5.53. The summed E-state index contributed by atoms with van der Waals surface area (Å²) in [5, 5.41) is 9.30. The van der Waals surface area contributed by atoms with Crippen molar-refractivity contribution in [2.24, 2.45) is 0 Å². The maximum atomic E-state index is 11.5. The standard InChI is InChI=1S/C13H10ClNO4/c1-2-17-13(16)9(6-15)3-8-4-10(14)12-11(5-8)18-7-19-12/h3-5H,2,7H2,1H3/b9-3+. The Labute approximate surface area is 114 Å². The molecule has 6 heteroatoms. The van der Waals surface area contributed by atoms with Gasteiger partial charge in [0.1, 0.15) is 11.6 Å². The molecule has 0 radical (unpaired) electrons. The fourth-order valence-electron chi connectivity index (χ4n) is 1.58. The van der Waals surface area contributed by atoms with Crippen LogP contribution in [0, 0.1) is 11.3 Å². The van der Waals surface area contributed by atoms with Gasteiger partial charge in [0, 0.05) is 0 Å². The second-order valence-corrected chi connectivity index (χ2v) is 4.03. The van der Waals surface area contributed by atoms with E-state index in [9.17, 15) is 4.79 Å². The van der Waals surface area contributed by atoms with Crippen LogP contribution in [0.1, 0.15) is 12.5 Å². The van der Waals surface area contributed by atoms with Gasteiger partial charge >= 0.3 is 5.97 Å². The van der Waals surface area contributed by atoms with E-state index in [0.29, 0.717) is 22.1 Å². The lowest BCUT2D eigenvalue weighted by atomic mass is 10.1. The fourth-order valence-corrected chi connectivity index (χ4v) is 1.86. The monoisotopic (exact) mass is 279 g/mol. The lowest BCUT2D eigenvalue weighted by Gasteiger charge is -2.02. The number of nitriles is 1. The molecule has 19 heavy (non-hydrogen) atoms. The number of carbonyl (C=O) groups is 1. The summed E-state index contributed by atoms with van der Waals surface area (Å²) >= 11 is 6.01. The molecule has 0 N–H and O–H groups in total. The van der Waals surface area contributed by atoms with Gasteiger partial charge in [0.05, 0.1) is 11.6 Å². The smallest absolute Gasteiger partial charge is 0.348 e. The van der Waals surface area contributed by atoms with Crippen molar-refractivity contribution in [1.29, 1.82) is 5.26 Å². The number of hydrogen-bond acceptors (Lipinski definition) is 5. The van der Waals surface area contributed by atoms with Crippen LogP contribution in [0.2, 0.25) is 5.02 Å². The van der Waals surface area contributed by atoms with E-state index in [1.165, 1.54) is 6.08 Å². The molecule has 0 aromatic heterocycles. The van der Waals surface area contributed by atoms with E-state index in [-0.39, 0.29) is 19.0 Å². The molecule has 0 atom stereocenters. The van der Waals surface area contributed by atoms with E-state index in [1.807, 2.05) is 0 Å². The summed E-state index contributed by atoms with van der Waals surface area (Å²) < 4.78 is 15.1. The Morgan fingerprint density at radius 1 is 1.58 bits per heavy atom. The lowest BCUT2D eigenvalue weighted by molar-refractivity contribution is -0.137. The van der Waals surface area contributed by atoms with Crippen molar-refractivity contribution < 1.29 is 19.0 Å². The van der Waals surface area contributed by atoms with Crippen LogP contribution >= 0.6 is 11.6 Å². The minimum atomic E-state index is -0.668. The van der Waals surface area contributed by atoms with Crippen molar-refractivity contribution in [2.75, 3.05) is 13.4 Å². The van der Waals surface area contributed by atoms with Crippen molar-refractivity contribution in [2.45, 2.75) is 6.92 Å². The fraction of sp³-hybridized carbons (Fsp3) is 0.231. The van der Waals surface area contributed by atoms with E-state index >= 15 is 0 Å². The molecule has 0 unspecified atom stereocenters. The first-order valence-corrected chi connectivity index (χ1v) is 5.91. The van der Waals surface area contributed by atoms with E-state index in [4.69, 9.17) is 31.1 Å². The van der Waals surface area contributed by atoms with Crippen molar-refractivity contribution >= 4 is 23.6 Å². The molecule has 1 heterocycles. The Morgan fingerprint density at radius 3 is 3.05 bits per heavy atom. The third-order valence-electron chi connectivity index (χ3n) is 2.38. The Balaban J connectivity index is 2.35. The quantitative estimate of drug-likeness (QED) is 0.483. The summed E-state index contributed by atoms with van der Waals surface area (Å²) in [4.78, 5) is 11.5. The Morgan fingerprint density at radius 2 is 2.37 bits per heavy atom. The summed E-state index contributed by atoms with van der Waals surface area (Å²) in [5.41, 5.74) is 0.468. The predicted molar refractivity (Wildman–Crippen MR) is 67.8 cm³/mol. The maximum absolute atomic E-state index is 11.5. The van der Waals surface area contributed by atoms with Gasteiger partial charge in [0.25, 0.3) is 0 Å². The Kier molecular flexibility index (Phi) is 3.93. The van der Waals surface area contributed by atoms with Gasteiger partial charge in [0.2, 0.25) is 6.79 Å². The molecule has 0 fully saturated rings. The maximum Gasteiger partial charge on any atom is 0.348 e. The van der Waals surface area contributed by atoms with E-state index < -0.39 is 5.97 Å². The van der Waals surface area contributed by atoms with Crippen LogP contribution in [0.15, 0.2) is 17.7 Å². The Hall–Kier alpha value is -2.19. The molecule has 1 aromatic carbocycles. The van der Waals surface area contributed by atoms with Gasteiger partial charge in [-0.05, 0) is 30.7 Å². The van der Waals surface area contributed by atoms with Crippen LogP contribution in [-0.2, 0) is 9.53 Å². The number of halogens is 1. The van der Waals surface area contributed by atoms with Crippen LogP contribution in [0.3, 0.4) is 0 Å². The molecule has 1 aliphatic heterocycles. The van der Waals surface area contributed by atoms with Crippen molar-refractivity contribution in [3.63, 3.8) is 0 Å². The number of rotatable bonds is 3. The molecular weight excluding hydrogens is 270 g/mol. The van der Waals surface area contributed by atoms with E-state index in [1.54, 1.807) is 25.1 Å². The van der Waals surface area contributed by atoms with Gasteiger partial charge in [-0.3, -0.25) is 0 Å². The summed E-state index contributed by atoms with van der Waals surface area (Å²) in [6.07, 6.45) is 1.39. The van der Waals surface area contributed by atoms with Crippen LogP contribution in [-0.4, -0.2) is 19.4 Å². The summed E-state index contributed by atoms with van der Waals surface area (Å²) in [5.74, 6) is 0.284. The molecule has 0 spiro atoms. The normalized spacial score (nSPS) is 13.0. The molecule has 2 rings (SSSR count). The highest BCUT2D eigenvalue weighted by molar-refractivity contribution is 6.32. The third-order valence-corrected chi connectivity index (χ3v) is 2.66. The molecule has 0 saturated heterocycles. The van der Waals surface area contributed by atoms with Crippen LogP contribution in [0.5, 0.6) is 11.5 Å². The van der Waals surface area contributed by atoms with Gasteiger partial charge in [-0.25, -0.2) is 4.79 Å². The van der Waals surface area contributed by atoms with Crippen molar-refractivity contribution in [3.05, 3.63) is 28.3 Å². The molecule has 1 aliphatic rings. The highest BCUT2D eigenvalue weighted by Gasteiger charge is 2.18. The first kappa shape index (κ1) is 13.2. The average molecular weight is 280 g/mol. The largest absolute Gasteiger partial charge is 0.462 e. The van der Waals surface area contributed by atoms with Crippen molar-refractivity contribution in [3.8, 4) is 17.6 Å². The number of hydrogen-bond donors (Lipinski definition) is 0. The summed E-state index contributed by atoms with van der Waals surface area (Å²) in [7, 11) is 0. The molecule has 98 valence electrons. The van der Waals surface area contributed by atoms with E-state index in [0.717, 1.165) is 0 Å². The zero-order valence-corrected chi connectivity index (χ0v) is 10.9. The van der Waals surface area contributed by atoms with Gasteiger partial charge in [0.15, 0.2) is 11.5 Å². The number of benzene rings is 1. The molecule has 0 amide bonds. The highest BCUT2D eigenvalue weighted by Crippen LogP contribution is 2.40. The van der Waals surface area contributed by atoms with Gasteiger partial charge in [-0.2, -0.15) is 5.26 Å². The molecule has 1 aromatic rings. The Bertz CT molecular complexity index is 589. The second-order valence-electron chi connectivity index (χ2n) is 3.63. The average Bonchev–Trinajstić information content (AvgIpc) is 2.85. The van der Waals surface area contributed by atoms with Gasteiger partial charge < -0.3 is 14.2 Å². The molecule has 5 nitrogen and oxygen atoms in total. The van der Waals surface area contributed by atoms with Crippen LogP contribution in [0.4, 0.5) is 0 Å². The first-order chi connectivity index (χ1) is 9.15. The van der Waals surface area contributed by atoms with Crippen LogP contribution in [0.25, 0.3) is 6.08 Å². The molecule has 0 aliphatic carbocycles. The number of esters is 1. The number of ether oxygens (including phenoxy) is 3. The number of carbonyl (C=O) groups excluding carboxylic acids is 1. The SMILES string of the molecule is CCOC(=O)/C(C#N)=C/c1cc(Cl)c2c(c1)OCO2. The van der Waals surface area contributed by atoms with Crippen molar-refractivity contribution in [1.82, 2.24) is 0 Å². The zero-order valence-electron chi connectivity index (χ0n) is 10.1. The van der Waals surface area contributed by atoms with Gasteiger partial charge in [-0.15, -0.1) is 0 Å². The third kappa shape index (κ3) is 2.80. The lowest BCUT2D eigenvalue weighted by Crippen LogP contribution is -2.05. The molecule has 0 bridgehead atoms. The topological polar surface area (TPSA) is 68.6 Å². The van der Waals surface area contributed by atoms with E-state index in [2.05, 4.69) is 0 Å². The number of nitrogens with zero attached hydrogens (tertiary/aromatic N) is 1. The second kappa shape index (κ2) is 5.63. The zero-order chi connectivity index (χ0) is 13.8.